The fourth-order valence-corrected chi connectivity index (χ4v) is 0.289. The van der Waals surface area contributed by atoms with Gasteiger partial charge < -0.3 is 0 Å². The van der Waals surface area contributed by atoms with Crippen molar-refractivity contribution in [3.8, 4) is 0 Å². The topological polar surface area (TPSA) is 20.2 Å². The van der Waals surface area contributed by atoms with Crippen LogP contribution in [0.4, 0.5) is 0 Å². The summed E-state index contributed by atoms with van der Waals surface area (Å²) in [5, 5.41) is 8.11. The van der Waals surface area contributed by atoms with Crippen molar-refractivity contribution in [2.24, 2.45) is 0 Å². The Hall–Kier alpha value is 0.190. The average molecular weight is 96.9 g/mol. The molecule has 7 heteroatoms. The van der Waals surface area contributed by atoms with Gasteiger partial charge in [-0.1, -0.05) is 0 Å². The molecule has 0 heterocycles. The molecular weight excluding hydrogens is 92.9 g/mol. The minimum atomic E-state index is 1.00. The molecule has 0 fully saturated rings. The normalized spacial score (nSPS) is 6.62. The molecule has 0 aromatic rings. The molecule has 1 N–H and O–H groups in total. The van der Waals surface area contributed by atoms with E-state index in [1.165, 1.54) is 0 Å². The van der Waals surface area contributed by atoms with E-state index in [9.17, 15) is 0 Å². The van der Waals surface area contributed by atoms with Crippen molar-refractivity contribution in [3.63, 3.8) is 0 Å². The number of rotatable bonds is 2. The van der Waals surface area contributed by atoms with Crippen LogP contribution >= 0.6 is 0 Å². The molecule has 0 saturated heterocycles. The summed E-state index contributed by atoms with van der Waals surface area (Å²) < 4.78 is 0. The van der Waals surface area contributed by atoms with Crippen molar-refractivity contribution < 1.29 is 5.02 Å². The Bertz CT molecular complexity index is 99.7. The molecular formula is CH4B6O. The van der Waals surface area contributed by atoms with E-state index in [1.54, 1.807) is 13.4 Å². The van der Waals surface area contributed by atoms with Crippen LogP contribution in [0.3, 0.4) is 0 Å². The monoisotopic (exact) mass is 98.1 g/mol. The summed E-state index contributed by atoms with van der Waals surface area (Å²) >= 11 is 0. The van der Waals surface area contributed by atoms with Crippen LogP contribution in [0, 0.1) is 0 Å². The van der Waals surface area contributed by atoms with Crippen LogP contribution in [0.15, 0.2) is 0 Å². The van der Waals surface area contributed by atoms with Gasteiger partial charge in [-0.2, -0.15) is 0 Å². The summed E-state index contributed by atoms with van der Waals surface area (Å²) in [6.07, 6.45) is 0. The third-order valence-corrected chi connectivity index (χ3v) is 0.612. The molecule has 0 amide bonds. The number of hydrogen-bond acceptors (Lipinski definition) is 1. The molecule has 0 atom stereocenters. The zero-order chi connectivity index (χ0) is 6.24. The van der Waals surface area contributed by atoms with Crippen molar-refractivity contribution in [1.29, 1.82) is 0 Å². The fourth-order valence-electron chi connectivity index (χ4n) is 0.289. The Labute approximate surface area is 53.2 Å². The van der Waals surface area contributed by atoms with Crippen LogP contribution in [-0.4, -0.2) is 45.6 Å². The molecule has 0 aliphatic carbocycles. The Morgan fingerprint density at radius 1 is 1.00 bits per heavy atom. The maximum atomic E-state index is 8.11. The van der Waals surface area contributed by atoms with Gasteiger partial charge in [0.25, 0.3) is 0 Å². The maximum absolute atomic E-state index is 8.11. The van der Waals surface area contributed by atoms with Crippen molar-refractivity contribution in [2.75, 3.05) is 0 Å². The average Bonchev–Trinajstić information content (AvgIpc) is 1.81. The Morgan fingerprint density at radius 2 is 1.62 bits per heavy atom. The van der Waals surface area contributed by atoms with Gasteiger partial charge >= 0.3 is 52.4 Å². The molecule has 0 rings (SSSR count). The van der Waals surface area contributed by atoms with Crippen LogP contribution in [0.2, 0.25) is 6.82 Å². The minimum absolute atomic E-state index is 1.00. The van der Waals surface area contributed by atoms with E-state index >= 15 is 0 Å². The van der Waals surface area contributed by atoms with Gasteiger partial charge in [0.2, 0.25) is 0 Å². The summed E-state index contributed by atoms with van der Waals surface area (Å²) in [5.41, 5.74) is 0. The van der Waals surface area contributed by atoms with Crippen LogP contribution < -0.4 is 0 Å². The summed E-state index contributed by atoms with van der Waals surface area (Å²) in [6.45, 7) is 10.9. The molecule has 0 saturated carbocycles. The van der Waals surface area contributed by atoms with Gasteiger partial charge in [0.1, 0.15) is 0 Å². The van der Waals surface area contributed by atoms with E-state index in [0.717, 1.165) is 7.00 Å². The van der Waals surface area contributed by atoms with E-state index in [0.29, 0.717) is 0 Å². The summed E-state index contributed by atoms with van der Waals surface area (Å²) in [6, 6.07) is 0. The Kier molecular flexibility index (Phi) is 7.36. The molecule has 8 heavy (non-hydrogen) atoms. The first-order valence-corrected chi connectivity index (χ1v) is 2.50. The second kappa shape index (κ2) is 7.19. The fraction of sp³-hybridized carbons (Fsp3) is 1.00. The summed E-state index contributed by atoms with van der Waals surface area (Å²) in [7, 11) is 1.00. The molecule has 1 nitrogen and oxygen atoms in total. The molecule has 0 unspecified atom stereocenters. The second-order valence-electron chi connectivity index (χ2n) is 1.25. The van der Waals surface area contributed by atoms with Gasteiger partial charge in [0.15, 0.2) is 0 Å². The van der Waals surface area contributed by atoms with E-state index in [1.807, 2.05) is 27.0 Å². The molecule has 0 bridgehead atoms. The van der Waals surface area contributed by atoms with Gasteiger partial charge in [-0.3, -0.25) is 0 Å². The van der Waals surface area contributed by atoms with Crippen LogP contribution in [0.1, 0.15) is 0 Å². The van der Waals surface area contributed by atoms with E-state index in [-0.39, 0.29) is 0 Å². The van der Waals surface area contributed by atoms with Crippen LogP contribution in [0.5, 0.6) is 0 Å². The molecule has 0 aromatic carbocycles. The first-order chi connectivity index (χ1) is 3.91. The van der Waals surface area contributed by atoms with Crippen LogP contribution in [-0.2, 0) is 0 Å². The van der Waals surface area contributed by atoms with E-state index in [2.05, 4.69) is 0 Å². The molecule has 0 radical (unpaired) electrons. The van der Waals surface area contributed by atoms with Crippen molar-refractivity contribution in [1.82, 2.24) is 0 Å². The third kappa shape index (κ3) is 6.19. The molecule has 0 spiro atoms. The van der Waals surface area contributed by atoms with Crippen molar-refractivity contribution >= 4 is 40.6 Å². The van der Waals surface area contributed by atoms with Gasteiger partial charge in [-0.15, -0.1) is 0 Å². The SMILES string of the molecule is CB=BB=BB=BO. The van der Waals surface area contributed by atoms with Gasteiger partial charge in [-0.25, -0.2) is 0 Å². The third-order valence-electron chi connectivity index (χ3n) is 0.612. The molecule has 0 aromatic heterocycles. The Morgan fingerprint density at radius 3 is 2.12 bits per heavy atom. The first kappa shape index (κ1) is 8.19. The standard InChI is InChI=1S/CH4B6O/c1-2-3-4-5-6-7-8/h8H,1H3. The summed E-state index contributed by atoms with van der Waals surface area (Å²) in [5.74, 6) is 0. The van der Waals surface area contributed by atoms with E-state index < -0.39 is 0 Å². The second-order valence-corrected chi connectivity index (χ2v) is 1.25. The van der Waals surface area contributed by atoms with Crippen molar-refractivity contribution in [3.05, 3.63) is 0 Å². The van der Waals surface area contributed by atoms with Gasteiger partial charge in [0, 0.05) is 0 Å². The summed E-state index contributed by atoms with van der Waals surface area (Å²) in [4.78, 5) is 0. The predicted molar refractivity (Wildman–Crippen MR) is 42.6 cm³/mol. The van der Waals surface area contributed by atoms with E-state index in [4.69, 9.17) is 5.02 Å². The van der Waals surface area contributed by atoms with Crippen molar-refractivity contribution in [2.45, 2.75) is 6.82 Å². The molecule has 0 aliphatic heterocycles. The predicted octanol–water partition coefficient (Wildman–Crippen LogP) is -2.26. The Balaban J connectivity index is 3.35. The quantitative estimate of drug-likeness (QED) is 0.385. The number of hydrogen-bond donors (Lipinski definition) is 1. The first-order valence-electron chi connectivity index (χ1n) is 2.50. The van der Waals surface area contributed by atoms with Gasteiger partial charge in [-0.05, 0) is 0 Å². The molecule has 0 aliphatic rings. The molecule has 32 valence electrons. The zero-order valence-electron chi connectivity index (χ0n) is 4.91. The van der Waals surface area contributed by atoms with Gasteiger partial charge in [0.05, 0.1) is 0 Å². The van der Waals surface area contributed by atoms with Crippen LogP contribution in [0.25, 0.3) is 0 Å². The zero-order valence-corrected chi connectivity index (χ0v) is 4.91.